The number of carbonyl (C=O) groups excluding carboxylic acids is 1. The summed E-state index contributed by atoms with van der Waals surface area (Å²) in [6, 6.07) is 0. The monoisotopic (exact) mass is 528 g/mol. The molecule has 0 aliphatic carbocycles. The molecule has 3 fully saturated rings. The van der Waals surface area contributed by atoms with Crippen molar-refractivity contribution in [1.29, 1.82) is 0 Å². The molecular formula is C21H36O15. The SMILES string of the molecule is CC(=O)O[C@@H]1[C@@H](O[C@@H]2[C@H](O)[C@@H](O)C(O)O[C@@H]2CO)O[C@H](CCO)[C@@H](O)[C@@H]1O[C@H]1O[C@H](C)[C@@H](O)C[C@H]1O. The molecule has 14 atom stereocenters. The number of rotatable bonds is 8. The summed E-state index contributed by atoms with van der Waals surface area (Å²) < 4.78 is 33.2. The van der Waals surface area contributed by atoms with E-state index in [1.807, 2.05) is 0 Å². The second kappa shape index (κ2) is 12.7. The molecule has 15 nitrogen and oxygen atoms in total. The molecule has 0 aromatic rings. The molecule has 15 heteroatoms. The van der Waals surface area contributed by atoms with E-state index in [0.29, 0.717) is 0 Å². The summed E-state index contributed by atoms with van der Waals surface area (Å²) in [6.45, 7) is 1.46. The third kappa shape index (κ3) is 6.50. The zero-order chi connectivity index (χ0) is 26.7. The Morgan fingerprint density at radius 2 is 1.47 bits per heavy atom. The molecule has 3 saturated heterocycles. The van der Waals surface area contributed by atoms with Gasteiger partial charge in [-0.3, -0.25) is 4.79 Å². The van der Waals surface area contributed by atoms with E-state index in [4.69, 9.17) is 28.4 Å². The van der Waals surface area contributed by atoms with Crippen LogP contribution in [0.3, 0.4) is 0 Å². The standard InChI is InChI=1S/C21H36O15/c1-7-9(25)5-10(26)20(31-7)36-17-13(27)11(3-4-22)34-21(18(17)32-8(2)24)35-16-12(6-23)33-19(30)15(29)14(16)28/h7,9-23,25-30H,3-6H2,1-2H3/t7-,9+,10-,11-,12-,13-,14-,15-,16+,17+,18+,19?,20-,21-/m1/s1. The number of hydrogen-bond donors (Lipinski definition) is 8. The predicted molar refractivity (Wildman–Crippen MR) is 113 cm³/mol. The van der Waals surface area contributed by atoms with Crippen LogP contribution in [0.15, 0.2) is 0 Å². The Morgan fingerprint density at radius 3 is 2.08 bits per heavy atom. The van der Waals surface area contributed by atoms with E-state index in [1.54, 1.807) is 6.92 Å². The van der Waals surface area contributed by atoms with E-state index >= 15 is 0 Å². The van der Waals surface area contributed by atoms with E-state index in [2.05, 4.69) is 0 Å². The number of carbonyl (C=O) groups is 1. The summed E-state index contributed by atoms with van der Waals surface area (Å²) in [4.78, 5) is 11.9. The minimum Gasteiger partial charge on any atom is -0.454 e. The van der Waals surface area contributed by atoms with Gasteiger partial charge in [0.2, 0.25) is 0 Å². The van der Waals surface area contributed by atoms with Crippen LogP contribution in [0.5, 0.6) is 0 Å². The van der Waals surface area contributed by atoms with Gasteiger partial charge in [0.25, 0.3) is 0 Å². The van der Waals surface area contributed by atoms with Crippen LogP contribution in [0.25, 0.3) is 0 Å². The highest BCUT2D eigenvalue weighted by molar-refractivity contribution is 5.66. The van der Waals surface area contributed by atoms with Crippen molar-refractivity contribution in [2.24, 2.45) is 0 Å². The third-order valence-corrected chi connectivity index (χ3v) is 6.44. The van der Waals surface area contributed by atoms with Crippen molar-refractivity contribution >= 4 is 5.97 Å². The van der Waals surface area contributed by atoms with Crippen molar-refractivity contribution in [2.45, 2.75) is 113 Å². The lowest BCUT2D eigenvalue weighted by Gasteiger charge is -2.48. The molecule has 3 heterocycles. The number of aliphatic hydroxyl groups is 8. The predicted octanol–water partition coefficient (Wildman–Crippen LogP) is -4.56. The van der Waals surface area contributed by atoms with Crippen molar-refractivity contribution < 1.29 is 74.1 Å². The van der Waals surface area contributed by atoms with Gasteiger partial charge in [0.15, 0.2) is 25.0 Å². The zero-order valence-electron chi connectivity index (χ0n) is 19.8. The van der Waals surface area contributed by atoms with Crippen LogP contribution < -0.4 is 0 Å². The zero-order valence-corrected chi connectivity index (χ0v) is 19.8. The Hall–Kier alpha value is -1.05. The normalized spacial score (nSPS) is 47.9. The first-order chi connectivity index (χ1) is 17.0. The van der Waals surface area contributed by atoms with Crippen LogP contribution in [-0.4, -0.2) is 146 Å². The molecule has 3 rings (SSSR count). The van der Waals surface area contributed by atoms with Crippen LogP contribution in [0, 0.1) is 0 Å². The largest absolute Gasteiger partial charge is 0.454 e. The summed E-state index contributed by atoms with van der Waals surface area (Å²) in [5, 5.41) is 80.6. The summed E-state index contributed by atoms with van der Waals surface area (Å²) >= 11 is 0. The lowest BCUT2D eigenvalue weighted by Crippen LogP contribution is -2.66. The van der Waals surface area contributed by atoms with E-state index in [-0.39, 0.29) is 12.8 Å². The van der Waals surface area contributed by atoms with Gasteiger partial charge >= 0.3 is 5.97 Å². The maximum Gasteiger partial charge on any atom is 0.303 e. The first kappa shape index (κ1) is 29.5. The molecule has 3 aliphatic heterocycles. The molecule has 0 aromatic carbocycles. The minimum absolute atomic E-state index is 0.0899. The molecule has 8 N–H and O–H groups in total. The van der Waals surface area contributed by atoms with Crippen molar-refractivity contribution in [3.05, 3.63) is 0 Å². The molecule has 1 unspecified atom stereocenters. The Bertz CT molecular complexity index is 709. The van der Waals surface area contributed by atoms with Crippen molar-refractivity contribution in [3.63, 3.8) is 0 Å². The molecule has 0 aromatic heterocycles. The molecule has 0 bridgehead atoms. The summed E-state index contributed by atoms with van der Waals surface area (Å²) in [7, 11) is 0. The van der Waals surface area contributed by atoms with Gasteiger partial charge in [0, 0.05) is 20.0 Å². The first-order valence-corrected chi connectivity index (χ1v) is 11.7. The van der Waals surface area contributed by atoms with Crippen LogP contribution >= 0.6 is 0 Å². The summed E-state index contributed by atoms with van der Waals surface area (Å²) in [6.07, 6.45) is -20.0. The van der Waals surface area contributed by atoms with Gasteiger partial charge in [-0.15, -0.1) is 0 Å². The van der Waals surface area contributed by atoms with Gasteiger partial charge in [-0.25, -0.2) is 0 Å². The first-order valence-electron chi connectivity index (χ1n) is 11.7. The Balaban J connectivity index is 1.89. The lowest BCUT2D eigenvalue weighted by atomic mass is 9.95. The molecular weight excluding hydrogens is 492 g/mol. The highest BCUT2D eigenvalue weighted by Crippen LogP contribution is 2.34. The summed E-state index contributed by atoms with van der Waals surface area (Å²) in [5.41, 5.74) is 0. The van der Waals surface area contributed by atoms with E-state index in [9.17, 15) is 45.6 Å². The molecule has 0 saturated carbocycles. The van der Waals surface area contributed by atoms with E-state index < -0.39 is 105 Å². The molecule has 36 heavy (non-hydrogen) atoms. The van der Waals surface area contributed by atoms with Crippen LogP contribution in [0.1, 0.15) is 26.7 Å². The number of aliphatic hydroxyl groups excluding tert-OH is 8. The Morgan fingerprint density at radius 1 is 0.806 bits per heavy atom. The maximum absolute atomic E-state index is 11.9. The smallest absolute Gasteiger partial charge is 0.303 e. The number of hydrogen-bond acceptors (Lipinski definition) is 15. The quantitative estimate of drug-likeness (QED) is 0.139. The van der Waals surface area contributed by atoms with Gasteiger partial charge < -0.3 is 69.3 Å². The van der Waals surface area contributed by atoms with E-state index in [0.717, 1.165) is 6.92 Å². The second-order valence-electron chi connectivity index (χ2n) is 9.13. The van der Waals surface area contributed by atoms with Crippen molar-refractivity contribution in [1.82, 2.24) is 0 Å². The third-order valence-electron chi connectivity index (χ3n) is 6.44. The Kier molecular flexibility index (Phi) is 10.4. The van der Waals surface area contributed by atoms with Crippen molar-refractivity contribution in [2.75, 3.05) is 13.2 Å². The van der Waals surface area contributed by atoms with Crippen LogP contribution in [-0.2, 0) is 33.2 Å². The molecule has 0 spiro atoms. The number of esters is 1. The van der Waals surface area contributed by atoms with Crippen molar-refractivity contribution in [3.8, 4) is 0 Å². The van der Waals surface area contributed by atoms with Gasteiger partial charge in [-0.05, 0) is 13.3 Å². The highest BCUT2D eigenvalue weighted by Gasteiger charge is 2.54. The van der Waals surface area contributed by atoms with Crippen LogP contribution in [0.4, 0.5) is 0 Å². The average molecular weight is 529 g/mol. The van der Waals surface area contributed by atoms with Crippen LogP contribution in [0.2, 0.25) is 0 Å². The fourth-order valence-electron chi connectivity index (χ4n) is 4.45. The minimum atomic E-state index is -1.81. The Labute approximate surface area is 206 Å². The maximum atomic E-state index is 11.9. The summed E-state index contributed by atoms with van der Waals surface area (Å²) in [5.74, 6) is -0.831. The average Bonchev–Trinajstić information content (AvgIpc) is 2.82. The molecule has 0 radical (unpaired) electrons. The molecule has 0 amide bonds. The van der Waals surface area contributed by atoms with Gasteiger partial charge in [-0.1, -0.05) is 0 Å². The fourth-order valence-corrected chi connectivity index (χ4v) is 4.45. The molecule has 3 aliphatic rings. The fraction of sp³-hybridized carbons (Fsp3) is 0.952. The number of ether oxygens (including phenoxy) is 6. The topological polar surface area (TPSA) is 234 Å². The highest BCUT2D eigenvalue weighted by atomic mass is 16.8. The van der Waals surface area contributed by atoms with Gasteiger partial charge in [-0.2, -0.15) is 0 Å². The molecule has 210 valence electrons. The van der Waals surface area contributed by atoms with Gasteiger partial charge in [0.1, 0.15) is 42.7 Å². The second-order valence-corrected chi connectivity index (χ2v) is 9.13. The van der Waals surface area contributed by atoms with E-state index in [1.165, 1.54) is 0 Å². The lowest BCUT2D eigenvalue weighted by molar-refractivity contribution is -0.372. The van der Waals surface area contributed by atoms with Gasteiger partial charge in [0.05, 0.1) is 24.9 Å².